The van der Waals surface area contributed by atoms with Gasteiger partial charge in [-0.3, -0.25) is 10.1 Å². The van der Waals surface area contributed by atoms with Gasteiger partial charge in [-0.15, -0.1) is 0 Å². The van der Waals surface area contributed by atoms with Crippen LogP contribution in [0, 0.1) is 0 Å². The van der Waals surface area contributed by atoms with Crippen LogP contribution in [0.5, 0.6) is 0 Å². The number of hydrogen-bond acceptors (Lipinski definition) is 6. The highest BCUT2D eigenvalue weighted by atomic mass is 35.5. The number of hydrogen-bond donors (Lipinski definition) is 3. The molecule has 12 heteroatoms. The Hall–Kier alpha value is -3.11. The highest BCUT2D eigenvalue weighted by Crippen LogP contribution is 2.33. The third kappa shape index (κ3) is 6.52. The third-order valence-electron chi connectivity index (χ3n) is 5.35. The van der Waals surface area contributed by atoms with Crippen LogP contribution in [0.15, 0.2) is 48.8 Å². The van der Waals surface area contributed by atoms with E-state index in [1.165, 1.54) is 18.5 Å². The van der Waals surface area contributed by atoms with Gasteiger partial charge in [-0.2, -0.15) is 0 Å². The largest absolute Gasteiger partial charge is 0.340 e. The molecular formula is C23H22Cl3N7O2. The van der Waals surface area contributed by atoms with Crippen molar-refractivity contribution in [2.45, 2.75) is 0 Å². The summed E-state index contributed by atoms with van der Waals surface area (Å²) in [7, 11) is 2.05. The molecule has 1 aromatic heterocycles. The monoisotopic (exact) mass is 533 g/mol. The fourth-order valence-electron chi connectivity index (χ4n) is 3.45. The lowest BCUT2D eigenvalue weighted by Crippen LogP contribution is -2.47. The molecule has 3 amide bonds. The van der Waals surface area contributed by atoms with Crippen molar-refractivity contribution in [1.29, 1.82) is 0 Å². The highest BCUT2D eigenvalue weighted by molar-refractivity contribution is 6.42. The summed E-state index contributed by atoms with van der Waals surface area (Å²) in [4.78, 5) is 37.4. The van der Waals surface area contributed by atoms with Crippen molar-refractivity contribution in [3.63, 3.8) is 0 Å². The zero-order valence-corrected chi connectivity index (χ0v) is 21.0. The van der Waals surface area contributed by atoms with Crippen LogP contribution in [-0.4, -0.2) is 64.9 Å². The lowest BCUT2D eigenvalue weighted by Gasteiger charge is -2.32. The van der Waals surface area contributed by atoms with Crippen LogP contribution in [-0.2, 0) is 0 Å². The molecule has 2 heterocycles. The molecule has 0 unspecified atom stereocenters. The van der Waals surface area contributed by atoms with E-state index in [1.807, 2.05) is 11.9 Å². The number of aromatic nitrogens is 2. The maximum Gasteiger partial charge on any atom is 0.324 e. The van der Waals surface area contributed by atoms with Gasteiger partial charge >= 0.3 is 6.03 Å². The van der Waals surface area contributed by atoms with Crippen molar-refractivity contribution in [2.75, 3.05) is 49.2 Å². The number of piperazine rings is 1. The minimum absolute atomic E-state index is 0.0186. The number of carbonyl (C=O) groups is 2. The number of benzene rings is 2. The summed E-state index contributed by atoms with van der Waals surface area (Å²) in [5.41, 5.74) is 1.59. The van der Waals surface area contributed by atoms with Gasteiger partial charge in [0.1, 0.15) is 18.0 Å². The smallest absolute Gasteiger partial charge is 0.324 e. The van der Waals surface area contributed by atoms with Gasteiger partial charge in [-0.1, -0.05) is 34.8 Å². The highest BCUT2D eigenvalue weighted by Gasteiger charge is 2.20. The van der Waals surface area contributed by atoms with E-state index >= 15 is 0 Å². The van der Waals surface area contributed by atoms with Gasteiger partial charge in [0.15, 0.2) is 0 Å². The predicted octanol–water partition coefficient (Wildman–Crippen LogP) is 5.21. The number of nitrogens with zero attached hydrogens (tertiary/aromatic N) is 4. The molecule has 0 spiro atoms. The van der Waals surface area contributed by atoms with Gasteiger partial charge in [0.05, 0.1) is 15.7 Å². The van der Waals surface area contributed by atoms with Crippen LogP contribution < -0.4 is 16.0 Å². The van der Waals surface area contributed by atoms with E-state index in [4.69, 9.17) is 34.8 Å². The standard InChI is InChI=1S/C23H22Cl3N7O2/c1-32-6-8-33(9-7-32)22(34)14-2-4-16(5-3-14)29-19-12-20(28-13-27-19)30-23(35)31-21-17(25)10-15(24)11-18(21)26/h2-5,10-13H,6-9H2,1H3,(H3,27,28,29,30,31,35). The second-order valence-corrected chi connectivity index (χ2v) is 9.16. The van der Waals surface area contributed by atoms with Crippen molar-refractivity contribution in [2.24, 2.45) is 0 Å². The van der Waals surface area contributed by atoms with Crippen LogP contribution in [0.25, 0.3) is 0 Å². The molecule has 1 aliphatic rings. The van der Waals surface area contributed by atoms with Gasteiger partial charge in [0.25, 0.3) is 5.91 Å². The van der Waals surface area contributed by atoms with Crippen molar-refractivity contribution >= 4 is 69.8 Å². The summed E-state index contributed by atoms with van der Waals surface area (Å²) in [5, 5.41) is 9.08. The van der Waals surface area contributed by atoms with Crippen LogP contribution >= 0.6 is 34.8 Å². The lowest BCUT2D eigenvalue weighted by atomic mass is 10.1. The summed E-state index contributed by atoms with van der Waals surface area (Å²) in [6, 6.07) is 11.1. The first-order valence-electron chi connectivity index (χ1n) is 10.7. The molecule has 0 radical (unpaired) electrons. The second-order valence-electron chi connectivity index (χ2n) is 7.91. The zero-order chi connectivity index (χ0) is 24.9. The van der Waals surface area contributed by atoms with E-state index in [-0.39, 0.29) is 27.5 Å². The van der Waals surface area contributed by atoms with Gasteiger partial charge in [0, 0.05) is 48.5 Å². The van der Waals surface area contributed by atoms with Gasteiger partial charge in [-0.05, 0) is 43.4 Å². The molecule has 4 rings (SSSR count). The molecule has 3 aromatic rings. The molecule has 9 nitrogen and oxygen atoms in total. The minimum Gasteiger partial charge on any atom is -0.340 e. The molecule has 2 aromatic carbocycles. The first kappa shape index (κ1) is 25.0. The fourth-order valence-corrected chi connectivity index (χ4v) is 4.36. The van der Waals surface area contributed by atoms with Crippen molar-refractivity contribution in [3.05, 3.63) is 69.4 Å². The lowest BCUT2D eigenvalue weighted by molar-refractivity contribution is 0.0664. The number of halogens is 3. The molecule has 0 saturated carbocycles. The normalized spacial score (nSPS) is 13.9. The number of nitrogens with one attached hydrogen (secondary N) is 3. The third-order valence-corrected chi connectivity index (χ3v) is 6.16. The Bertz CT molecular complexity index is 1210. The Labute approximate surface area is 217 Å². The molecule has 0 aliphatic carbocycles. The minimum atomic E-state index is -0.590. The number of anilines is 4. The van der Waals surface area contributed by atoms with Crippen LogP contribution in [0.2, 0.25) is 15.1 Å². The summed E-state index contributed by atoms with van der Waals surface area (Å²) < 4.78 is 0. The Morgan fingerprint density at radius 1 is 0.857 bits per heavy atom. The number of likely N-dealkylation sites (N-methyl/N-ethyl adjacent to an activating group) is 1. The molecule has 1 fully saturated rings. The average Bonchev–Trinajstić information content (AvgIpc) is 2.82. The van der Waals surface area contributed by atoms with E-state index < -0.39 is 6.03 Å². The van der Waals surface area contributed by atoms with Crippen LogP contribution in [0.3, 0.4) is 0 Å². The van der Waals surface area contributed by atoms with Crippen LogP contribution in [0.4, 0.5) is 27.8 Å². The van der Waals surface area contributed by atoms with E-state index in [2.05, 4.69) is 30.8 Å². The predicted molar refractivity (Wildman–Crippen MR) is 139 cm³/mol. The van der Waals surface area contributed by atoms with Gasteiger partial charge < -0.3 is 20.4 Å². The molecule has 3 N–H and O–H groups in total. The maximum absolute atomic E-state index is 12.7. The summed E-state index contributed by atoms with van der Waals surface area (Å²) >= 11 is 18.1. The Kier molecular flexibility index (Phi) is 7.92. The topological polar surface area (TPSA) is 102 Å². The van der Waals surface area contributed by atoms with E-state index in [1.54, 1.807) is 30.3 Å². The van der Waals surface area contributed by atoms with Crippen LogP contribution in [0.1, 0.15) is 10.4 Å². The fraction of sp³-hybridized carbons (Fsp3) is 0.217. The molecule has 0 bridgehead atoms. The maximum atomic E-state index is 12.7. The van der Waals surface area contributed by atoms with Crippen molar-refractivity contribution in [3.8, 4) is 0 Å². The quantitative estimate of drug-likeness (QED) is 0.415. The molecule has 0 atom stereocenters. The summed E-state index contributed by atoms with van der Waals surface area (Å²) in [6.07, 6.45) is 1.31. The van der Waals surface area contributed by atoms with E-state index in [0.717, 1.165) is 31.9 Å². The Morgan fingerprint density at radius 2 is 1.49 bits per heavy atom. The average molecular weight is 535 g/mol. The van der Waals surface area contributed by atoms with Crippen molar-refractivity contribution in [1.82, 2.24) is 19.8 Å². The first-order chi connectivity index (χ1) is 16.8. The zero-order valence-electron chi connectivity index (χ0n) is 18.7. The summed E-state index contributed by atoms with van der Waals surface area (Å²) in [6.45, 7) is 3.17. The number of carbonyl (C=O) groups excluding carboxylic acids is 2. The molecule has 1 saturated heterocycles. The Balaban J connectivity index is 1.37. The van der Waals surface area contributed by atoms with Gasteiger partial charge in [0.2, 0.25) is 0 Å². The molecule has 1 aliphatic heterocycles. The van der Waals surface area contributed by atoms with Crippen molar-refractivity contribution < 1.29 is 9.59 Å². The molecular weight excluding hydrogens is 513 g/mol. The Morgan fingerprint density at radius 3 is 2.14 bits per heavy atom. The van der Waals surface area contributed by atoms with Gasteiger partial charge in [-0.25, -0.2) is 14.8 Å². The first-order valence-corrected chi connectivity index (χ1v) is 11.8. The van der Waals surface area contributed by atoms with E-state index in [0.29, 0.717) is 16.4 Å². The summed E-state index contributed by atoms with van der Waals surface area (Å²) in [5.74, 6) is 0.726. The molecule has 35 heavy (non-hydrogen) atoms. The number of rotatable bonds is 5. The second kappa shape index (κ2) is 11.1. The number of amides is 3. The molecule has 182 valence electrons. The number of urea groups is 1. The van der Waals surface area contributed by atoms with E-state index in [9.17, 15) is 9.59 Å². The SMILES string of the molecule is CN1CCN(C(=O)c2ccc(Nc3cc(NC(=O)Nc4c(Cl)cc(Cl)cc4Cl)ncn3)cc2)CC1.